The number of benzene rings is 2. The summed E-state index contributed by atoms with van der Waals surface area (Å²) in [6, 6.07) is 17.2. The molecule has 0 atom stereocenters. The molecular weight excluding hydrogens is 316 g/mol. The van der Waals surface area contributed by atoms with E-state index in [9.17, 15) is 0 Å². The summed E-state index contributed by atoms with van der Waals surface area (Å²) in [6.07, 6.45) is 3.25. The third-order valence-corrected chi connectivity index (χ3v) is 3.65. The first-order valence-electron chi connectivity index (χ1n) is 7.69. The first kappa shape index (κ1) is 16.3. The average molecular weight is 336 g/mol. The van der Waals surface area contributed by atoms with Crippen LogP contribution in [0.2, 0.25) is 0 Å². The summed E-state index contributed by atoms with van der Waals surface area (Å²) in [5.41, 5.74) is 21.0. The van der Waals surface area contributed by atoms with Gasteiger partial charge in [-0.2, -0.15) is 0 Å². The maximum atomic E-state index is 6.19. The molecule has 6 N–H and O–H groups in total. The van der Waals surface area contributed by atoms with Crippen LogP contribution < -0.4 is 27.1 Å². The molecule has 0 aliphatic rings. The van der Waals surface area contributed by atoms with Crippen LogP contribution in [0.5, 0.6) is 5.75 Å². The first-order valence-corrected chi connectivity index (χ1v) is 7.69. The van der Waals surface area contributed by atoms with Gasteiger partial charge in [-0.25, -0.2) is 4.98 Å². The summed E-state index contributed by atoms with van der Waals surface area (Å²) in [5, 5.41) is 0. The number of imidazole rings is 1. The fraction of sp³-hybridized carbons (Fsp3) is 0.0556. The van der Waals surface area contributed by atoms with E-state index in [1.165, 1.54) is 0 Å². The molecule has 25 heavy (non-hydrogen) atoms. The van der Waals surface area contributed by atoms with Gasteiger partial charge in [-0.3, -0.25) is 4.57 Å². The lowest BCUT2D eigenvalue weighted by atomic mass is 10.3. The van der Waals surface area contributed by atoms with Gasteiger partial charge in [0, 0.05) is 11.9 Å². The largest absolute Gasteiger partial charge is 0.497 e. The minimum absolute atomic E-state index is 0.424. The number of nitrogens with one attached hydrogen (secondary N) is 2. The predicted molar refractivity (Wildman–Crippen MR) is 99.9 cm³/mol. The maximum absolute atomic E-state index is 6.19. The number of ether oxygens (including phenoxy) is 1. The molecule has 0 aliphatic carbocycles. The predicted octanol–water partition coefficient (Wildman–Crippen LogP) is 2.34. The second kappa shape index (κ2) is 7.31. The summed E-state index contributed by atoms with van der Waals surface area (Å²) in [5.74, 6) is 1.23. The standard InChI is InChI=1S/C18H20N6O/c1-25-15-9-7-14(8-10-15)24-12-21-17(18(24)20)16(19)11-22-23-13-5-3-2-4-6-13/h2-12,22-23H,19-20H2,1H3/b16-11-. The molecule has 0 spiro atoms. The van der Waals surface area contributed by atoms with Crippen LogP contribution in [0, 0.1) is 0 Å². The van der Waals surface area contributed by atoms with Gasteiger partial charge in [0.1, 0.15) is 23.6 Å². The summed E-state index contributed by atoms with van der Waals surface area (Å²) in [7, 11) is 1.63. The van der Waals surface area contributed by atoms with Crippen LogP contribution in [-0.2, 0) is 0 Å². The van der Waals surface area contributed by atoms with Gasteiger partial charge in [0.2, 0.25) is 0 Å². The minimum atomic E-state index is 0.424. The number of anilines is 2. The molecule has 128 valence electrons. The molecular formula is C18H20N6O. The summed E-state index contributed by atoms with van der Waals surface area (Å²) in [4.78, 5) is 4.31. The molecule has 7 heteroatoms. The van der Waals surface area contributed by atoms with Crippen molar-refractivity contribution < 1.29 is 4.74 Å². The van der Waals surface area contributed by atoms with E-state index >= 15 is 0 Å². The number of hydrogen-bond donors (Lipinski definition) is 4. The van der Waals surface area contributed by atoms with Crippen molar-refractivity contribution in [2.45, 2.75) is 0 Å². The normalized spacial score (nSPS) is 11.2. The zero-order valence-electron chi connectivity index (χ0n) is 13.8. The minimum Gasteiger partial charge on any atom is -0.497 e. The van der Waals surface area contributed by atoms with Crippen LogP contribution in [0.15, 0.2) is 67.1 Å². The fourth-order valence-corrected chi connectivity index (χ4v) is 2.32. The third kappa shape index (κ3) is 3.66. The Labute approximate surface area is 145 Å². The second-order valence-corrected chi connectivity index (χ2v) is 5.28. The number of nitrogen functional groups attached to an aromatic ring is 1. The van der Waals surface area contributed by atoms with Crippen molar-refractivity contribution in [3.63, 3.8) is 0 Å². The zero-order chi connectivity index (χ0) is 17.6. The van der Waals surface area contributed by atoms with Gasteiger partial charge in [0.15, 0.2) is 0 Å². The molecule has 2 aromatic carbocycles. The molecule has 0 amide bonds. The van der Waals surface area contributed by atoms with Crippen LogP contribution in [0.1, 0.15) is 5.69 Å². The molecule has 0 unspecified atom stereocenters. The van der Waals surface area contributed by atoms with Gasteiger partial charge in [-0.05, 0) is 36.4 Å². The summed E-state index contributed by atoms with van der Waals surface area (Å²) < 4.78 is 6.92. The highest BCUT2D eigenvalue weighted by Crippen LogP contribution is 2.22. The van der Waals surface area contributed by atoms with Gasteiger partial charge in [0.25, 0.3) is 0 Å². The fourth-order valence-electron chi connectivity index (χ4n) is 2.32. The molecule has 0 saturated heterocycles. The van der Waals surface area contributed by atoms with Crippen LogP contribution >= 0.6 is 0 Å². The van der Waals surface area contributed by atoms with E-state index < -0.39 is 0 Å². The molecule has 0 fully saturated rings. The van der Waals surface area contributed by atoms with Gasteiger partial charge in [0.05, 0.1) is 18.5 Å². The Balaban J connectivity index is 1.74. The molecule has 1 heterocycles. The van der Waals surface area contributed by atoms with E-state index in [1.807, 2.05) is 54.6 Å². The lowest BCUT2D eigenvalue weighted by Gasteiger charge is -2.08. The van der Waals surface area contributed by atoms with E-state index in [0.29, 0.717) is 17.2 Å². The number of nitrogens with two attached hydrogens (primary N) is 2. The lowest BCUT2D eigenvalue weighted by molar-refractivity contribution is 0.415. The van der Waals surface area contributed by atoms with E-state index in [-0.39, 0.29) is 0 Å². The van der Waals surface area contributed by atoms with Crippen LogP contribution in [0.25, 0.3) is 11.4 Å². The van der Waals surface area contributed by atoms with E-state index in [2.05, 4.69) is 15.8 Å². The second-order valence-electron chi connectivity index (χ2n) is 5.28. The Hall–Kier alpha value is -3.61. The number of aromatic nitrogens is 2. The molecule has 0 saturated carbocycles. The Morgan fingerprint density at radius 3 is 2.52 bits per heavy atom. The highest BCUT2D eigenvalue weighted by atomic mass is 16.5. The number of rotatable bonds is 6. The molecule has 0 aliphatic heterocycles. The number of nitrogens with zero attached hydrogens (tertiary/aromatic N) is 2. The van der Waals surface area contributed by atoms with E-state index in [1.54, 1.807) is 24.2 Å². The Morgan fingerprint density at radius 2 is 1.84 bits per heavy atom. The summed E-state index contributed by atoms with van der Waals surface area (Å²) >= 11 is 0. The smallest absolute Gasteiger partial charge is 0.137 e. The molecule has 1 aromatic heterocycles. The van der Waals surface area contributed by atoms with Crippen LogP contribution in [0.3, 0.4) is 0 Å². The molecule has 0 bridgehead atoms. The van der Waals surface area contributed by atoms with Gasteiger partial charge < -0.3 is 27.1 Å². The van der Waals surface area contributed by atoms with Crippen molar-refractivity contribution in [1.29, 1.82) is 0 Å². The van der Waals surface area contributed by atoms with Gasteiger partial charge in [-0.1, -0.05) is 18.2 Å². The molecule has 3 aromatic rings. The monoisotopic (exact) mass is 336 g/mol. The molecule has 7 nitrogen and oxygen atoms in total. The van der Waals surface area contributed by atoms with Crippen LogP contribution in [0.4, 0.5) is 11.5 Å². The highest BCUT2D eigenvalue weighted by molar-refractivity contribution is 5.69. The zero-order valence-corrected chi connectivity index (χ0v) is 13.8. The summed E-state index contributed by atoms with van der Waals surface area (Å²) in [6.45, 7) is 0. The highest BCUT2D eigenvalue weighted by Gasteiger charge is 2.11. The van der Waals surface area contributed by atoms with E-state index in [0.717, 1.165) is 17.1 Å². The van der Waals surface area contributed by atoms with Crippen molar-refractivity contribution in [3.05, 3.63) is 72.8 Å². The number of hydrogen-bond acceptors (Lipinski definition) is 6. The van der Waals surface area contributed by atoms with Crippen LogP contribution in [-0.4, -0.2) is 16.7 Å². The van der Waals surface area contributed by atoms with Crippen molar-refractivity contribution in [2.24, 2.45) is 5.73 Å². The number of methoxy groups -OCH3 is 1. The van der Waals surface area contributed by atoms with Crippen molar-refractivity contribution >= 4 is 17.2 Å². The SMILES string of the molecule is COc1ccc(-n2cnc(/C(N)=C/NNc3ccccc3)c2N)cc1. The number of para-hydroxylation sites is 1. The topological polar surface area (TPSA) is 103 Å². The van der Waals surface area contributed by atoms with Crippen molar-refractivity contribution in [1.82, 2.24) is 15.0 Å². The average Bonchev–Trinajstić information content (AvgIpc) is 3.04. The Kier molecular flexibility index (Phi) is 4.75. The van der Waals surface area contributed by atoms with Crippen molar-refractivity contribution in [2.75, 3.05) is 18.3 Å². The maximum Gasteiger partial charge on any atom is 0.137 e. The molecule has 0 radical (unpaired) electrons. The Morgan fingerprint density at radius 1 is 1.12 bits per heavy atom. The number of hydrazine groups is 1. The third-order valence-electron chi connectivity index (χ3n) is 3.65. The van der Waals surface area contributed by atoms with Crippen molar-refractivity contribution in [3.8, 4) is 11.4 Å². The van der Waals surface area contributed by atoms with Gasteiger partial charge in [-0.15, -0.1) is 0 Å². The molecule has 3 rings (SSSR count). The lowest BCUT2D eigenvalue weighted by Crippen LogP contribution is -2.17. The first-order chi connectivity index (χ1) is 12.2. The van der Waals surface area contributed by atoms with E-state index in [4.69, 9.17) is 16.2 Å². The van der Waals surface area contributed by atoms with Gasteiger partial charge >= 0.3 is 0 Å². The Bertz CT molecular complexity index is 855. The quantitative estimate of drug-likeness (QED) is 0.515.